The maximum atomic E-state index is 11.8. The van der Waals surface area contributed by atoms with Gasteiger partial charge in [0.2, 0.25) is 0 Å². The third-order valence-corrected chi connectivity index (χ3v) is 4.46. The first-order valence-corrected chi connectivity index (χ1v) is 7.02. The van der Waals surface area contributed by atoms with E-state index in [9.17, 15) is 9.90 Å². The van der Waals surface area contributed by atoms with E-state index in [0.29, 0.717) is 5.13 Å². The lowest BCUT2D eigenvalue weighted by Gasteiger charge is -2.29. The van der Waals surface area contributed by atoms with E-state index in [4.69, 9.17) is 0 Å². The minimum atomic E-state index is -0.240. The average Bonchev–Trinajstić information content (AvgIpc) is 2.87. The molecule has 0 spiro atoms. The van der Waals surface area contributed by atoms with Crippen molar-refractivity contribution in [1.82, 2.24) is 10.3 Å². The van der Waals surface area contributed by atoms with Crippen LogP contribution < -0.4 is 10.6 Å². The summed E-state index contributed by atoms with van der Waals surface area (Å²) in [5.74, 6) is 0. The normalized spacial score (nSPS) is 27.2. The number of aryl methyl sites for hydroxylation is 1. The van der Waals surface area contributed by atoms with E-state index < -0.39 is 0 Å². The molecule has 1 aromatic rings. The lowest BCUT2D eigenvalue weighted by atomic mass is 9.86. The van der Waals surface area contributed by atoms with Gasteiger partial charge in [-0.2, -0.15) is 0 Å². The highest BCUT2D eigenvalue weighted by atomic mass is 32.1. The summed E-state index contributed by atoms with van der Waals surface area (Å²) < 4.78 is 0. The van der Waals surface area contributed by atoms with Crippen LogP contribution in [0.5, 0.6) is 0 Å². The molecule has 1 aromatic heterocycles. The van der Waals surface area contributed by atoms with Crippen LogP contribution in [-0.4, -0.2) is 28.8 Å². The van der Waals surface area contributed by atoms with Gasteiger partial charge in [-0.1, -0.05) is 13.3 Å². The summed E-state index contributed by atoms with van der Waals surface area (Å²) in [4.78, 5) is 16.0. The lowest BCUT2D eigenvalue weighted by molar-refractivity contribution is 0.122. The molecular weight excluding hydrogens is 250 g/mol. The van der Waals surface area contributed by atoms with Gasteiger partial charge in [-0.25, -0.2) is 9.78 Å². The Balaban J connectivity index is 1.91. The first kappa shape index (κ1) is 13.3. The van der Waals surface area contributed by atoms with Crippen molar-refractivity contribution in [2.45, 2.75) is 39.2 Å². The molecule has 2 rings (SSSR count). The van der Waals surface area contributed by atoms with Crippen molar-refractivity contribution in [2.75, 3.05) is 11.9 Å². The van der Waals surface area contributed by atoms with E-state index >= 15 is 0 Å². The van der Waals surface area contributed by atoms with E-state index in [1.807, 2.05) is 19.2 Å². The Morgan fingerprint density at radius 3 is 3.11 bits per heavy atom. The molecule has 100 valence electrons. The van der Waals surface area contributed by atoms with Crippen molar-refractivity contribution in [1.29, 1.82) is 0 Å². The smallest absolute Gasteiger partial charge is 0.321 e. The zero-order chi connectivity index (χ0) is 13.2. The molecule has 1 fully saturated rings. The quantitative estimate of drug-likeness (QED) is 0.787. The van der Waals surface area contributed by atoms with Gasteiger partial charge in [0.05, 0.1) is 12.3 Å². The third kappa shape index (κ3) is 2.81. The van der Waals surface area contributed by atoms with E-state index in [1.165, 1.54) is 11.3 Å². The number of aromatic nitrogens is 1. The minimum Gasteiger partial charge on any atom is -0.396 e. The molecule has 0 radical (unpaired) electrons. The summed E-state index contributed by atoms with van der Waals surface area (Å²) in [6.07, 6.45) is 2.91. The summed E-state index contributed by atoms with van der Waals surface area (Å²) in [6, 6.07) is -0.209. The second-order valence-electron chi connectivity index (χ2n) is 5.15. The van der Waals surface area contributed by atoms with Crippen LogP contribution in [0.3, 0.4) is 0 Å². The highest BCUT2D eigenvalue weighted by molar-refractivity contribution is 7.13. The van der Waals surface area contributed by atoms with Crippen molar-refractivity contribution >= 4 is 22.5 Å². The minimum absolute atomic E-state index is 0.0311. The van der Waals surface area contributed by atoms with Gasteiger partial charge in [-0.15, -0.1) is 11.3 Å². The number of hydrogen-bond acceptors (Lipinski definition) is 4. The summed E-state index contributed by atoms with van der Waals surface area (Å²) in [5.41, 5.74) is 0.701. The maximum absolute atomic E-state index is 11.8. The van der Waals surface area contributed by atoms with Crippen molar-refractivity contribution in [3.63, 3.8) is 0 Å². The highest BCUT2D eigenvalue weighted by Gasteiger charge is 2.39. The Hall–Kier alpha value is -1.14. The molecule has 0 aliphatic heterocycles. The van der Waals surface area contributed by atoms with Gasteiger partial charge >= 0.3 is 6.03 Å². The molecule has 2 atom stereocenters. The van der Waals surface area contributed by atoms with Gasteiger partial charge in [0.1, 0.15) is 0 Å². The summed E-state index contributed by atoms with van der Waals surface area (Å²) >= 11 is 1.41. The van der Waals surface area contributed by atoms with Gasteiger partial charge in [0.25, 0.3) is 0 Å². The van der Waals surface area contributed by atoms with Crippen molar-refractivity contribution in [3.05, 3.63) is 11.1 Å². The fourth-order valence-electron chi connectivity index (χ4n) is 2.37. The molecule has 2 amide bonds. The Labute approximate surface area is 111 Å². The number of hydrogen-bond donors (Lipinski definition) is 3. The standard InChI is InChI=1S/C12H19N3O2S/c1-8-6-18-11(13-8)15-10(17)14-9-4-3-5-12(9,2)7-16/h6,9,16H,3-5,7H2,1-2H3,(H2,13,14,15,17). The molecule has 1 heterocycles. The van der Waals surface area contributed by atoms with E-state index in [-0.39, 0.29) is 24.1 Å². The number of urea groups is 1. The Morgan fingerprint density at radius 2 is 2.50 bits per heavy atom. The Bertz CT molecular complexity index is 435. The monoisotopic (exact) mass is 269 g/mol. The molecule has 1 aliphatic rings. The van der Waals surface area contributed by atoms with E-state index in [2.05, 4.69) is 15.6 Å². The SMILES string of the molecule is Cc1csc(NC(=O)NC2CCCC2(C)CO)n1. The molecule has 1 saturated carbocycles. The number of aliphatic hydroxyl groups excluding tert-OH is 1. The number of nitrogens with one attached hydrogen (secondary N) is 2. The number of rotatable bonds is 3. The predicted molar refractivity (Wildman–Crippen MR) is 71.8 cm³/mol. The first-order valence-electron chi connectivity index (χ1n) is 6.14. The molecule has 18 heavy (non-hydrogen) atoms. The number of aliphatic hydroxyl groups is 1. The molecule has 6 heteroatoms. The van der Waals surface area contributed by atoms with Gasteiger partial charge < -0.3 is 10.4 Å². The summed E-state index contributed by atoms with van der Waals surface area (Å²) in [7, 11) is 0. The fraction of sp³-hybridized carbons (Fsp3) is 0.667. The van der Waals surface area contributed by atoms with E-state index in [0.717, 1.165) is 25.0 Å². The second kappa shape index (κ2) is 5.24. The van der Waals surface area contributed by atoms with Gasteiger partial charge in [0.15, 0.2) is 5.13 Å². The molecular formula is C12H19N3O2S. The number of amides is 2. The van der Waals surface area contributed by atoms with Crippen LogP contribution in [0.1, 0.15) is 31.9 Å². The zero-order valence-corrected chi connectivity index (χ0v) is 11.5. The Morgan fingerprint density at radius 1 is 1.72 bits per heavy atom. The lowest BCUT2D eigenvalue weighted by Crippen LogP contribution is -2.46. The topological polar surface area (TPSA) is 74.2 Å². The molecule has 1 aliphatic carbocycles. The van der Waals surface area contributed by atoms with Crippen LogP contribution in [-0.2, 0) is 0 Å². The van der Waals surface area contributed by atoms with Crippen LogP contribution in [0.2, 0.25) is 0 Å². The number of carbonyl (C=O) groups is 1. The number of thiazole rings is 1. The number of nitrogens with zero attached hydrogens (tertiary/aromatic N) is 1. The molecule has 2 unspecified atom stereocenters. The van der Waals surface area contributed by atoms with Crippen molar-refractivity contribution in [3.8, 4) is 0 Å². The largest absolute Gasteiger partial charge is 0.396 e. The van der Waals surface area contributed by atoms with Crippen LogP contribution in [0, 0.1) is 12.3 Å². The third-order valence-electron chi connectivity index (χ3n) is 3.59. The van der Waals surface area contributed by atoms with Crippen LogP contribution in [0.25, 0.3) is 0 Å². The number of anilines is 1. The summed E-state index contributed by atoms with van der Waals surface area (Å²) in [5, 5.41) is 17.6. The molecule has 0 saturated heterocycles. The van der Waals surface area contributed by atoms with Gasteiger partial charge in [-0.3, -0.25) is 5.32 Å². The van der Waals surface area contributed by atoms with Crippen LogP contribution in [0.15, 0.2) is 5.38 Å². The van der Waals surface area contributed by atoms with Crippen molar-refractivity contribution < 1.29 is 9.90 Å². The summed E-state index contributed by atoms with van der Waals surface area (Å²) in [6.45, 7) is 4.01. The van der Waals surface area contributed by atoms with Gasteiger partial charge in [0, 0.05) is 16.8 Å². The molecule has 0 bridgehead atoms. The average molecular weight is 269 g/mol. The van der Waals surface area contributed by atoms with Crippen molar-refractivity contribution in [2.24, 2.45) is 5.41 Å². The van der Waals surface area contributed by atoms with Crippen LogP contribution in [0.4, 0.5) is 9.93 Å². The molecule has 5 nitrogen and oxygen atoms in total. The highest BCUT2D eigenvalue weighted by Crippen LogP contribution is 2.37. The fourth-order valence-corrected chi connectivity index (χ4v) is 3.05. The van der Waals surface area contributed by atoms with Crippen LogP contribution >= 0.6 is 11.3 Å². The second-order valence-corrected chi connectivity index (χ2v) is 6.01. The molecule has 0 aromatic carbocycles. The first-order chi connectivity index (χ1) is 8.53. The maximum Gasteiger partial charge on any atom is 0.321 e. The molecule has 3 N–H and O–H groups in total. The zero-order valence-electron chi connectivity index (χ0n) is 10.7. The predicted octanol–water partition coefficient (Wildman–Crippen LogP) is 2.12. The van der Waals surface area contributed by atoms with Gasteiger partial charge in [-0.05, 0) is 19.8 Å². The number of carbonyl (C=O) groups excluding carboxylic acids is 1. The Kier molecular flexibility index (Phi) is 3.87. The van der Waals surface area contributed by atoms with E-state index in [1.54, 1.807) is 0 Å².